The first-order chi connectivity index (χ1) is 8.79. The highest BCUT2D eigenvalue weighted by Crippen LogP contribution is 2.52. The number of thiophene rings is 1. The van der Waals surface area contributed by atoms with Gasteiger partial charge in [0.05, 0.1) is 5.69 Å². The average Bonchev–Trinajstić information content (AvgIpc) is 2.96. The van der Waals surface area contributed by atoms with E-state index >= 15 is 0 Å². The van der Waals surface area contributed by atoms with E-state index in [1.165, 1.54) is 11.3 Å². The maximum Gasteiger partial charge on any atom is 0.191 e. The van der Waals surface area contributed by atoms with Gasteiger partial charge in [0.15, 0.2) is 11.5 Å². The van der Waals surface area contributed by atoms with Crippen molar-refractivity contribution < 1.29 is 9.47 Å². The molecule has 0 fully saturated rings. The Morgan fingerprint density at radius 1 is 1.33 bits per heavy atom. The van der Waals surface area contributed by atoms with Crippen molar-refractivity contribution >= 4 is 34.3 Å². The zero-order valence-corrected chi connectivity index (χ0v) is 11.8. The summed E-state index contributed by atoms with van der Waals surface area (Å²) in [5.41, 5.74) is 6.53. The molecule has 2 N–H and O–H groups in total. The van der Waals surface area contributed by atoms with Gasteiger partial charge in [0, 0.05) is 11.8 Å². The second-order valence-electron chi connectivity index (χ2n) is 3.74. The highest BCUT2D eigenvalue weighted by atomic mass is 35.5. The van der Waals surface area contributed by atoms with E-state index in [1.54, 1.807) is 11.3 Å². The van der Waals surface area contributed by atoms with Crippen LogP contribution in [0.1, 0.15) is 5.69 Å². The van der Waals surface area contributed by atoms with Crippen LogP contribution in [0.5, 0.6) is 11.5 Å². The van der Waals surface area contributed by atoms with E-state index in [-0.39, 0.29) is 0 Å². The lowest BCUT2D eigenvalue weighted by Crippen LogP contribution is -2.14. The molecule has 0 unspecified atom stereocenters. The molecule has 96 valence electrons. The largest absolute Gasteiger partial charge is 0.484 e. The van der Waals surface area contributed by atoms with E-state index in [2.05, 4.69) is 4.98 Å². The topological polar surface area (TPSA) is 57.4 Å². The first kappa shape index (κ1) is 12.2. The van der Waals surface area contributed by atoms with Gasteiger partial charge in [-0.15, -0.1) is 22.7 Å². The molecule has 1 aliphatic rings. The number of aromatic nitrogens is 1. The van der Waals surface area contributed by atoms with Crippen LogP contribution < -0.4 is 15.2 Å². The van der Waals surface area contributed by atoms with Gasteiger partial charge in [-0.3, -0.25) is 0 Å². The highest BCUT2D eigenvalue weighted by Gasteiger charge is 2.25. The number of hydrogen-bond donors (Lipinski definition) is 1. The van der Waals surface area contributed by atoms with E-state index in [0.717, 1.165) is 27.7 Å². The lowest BCUT2D eigenvalue weighted by Gasteiger charge is -2.15. The Balaban J connectivity index is 2.00. The molecular weight excluding hydrogens is 292 g/mol. The minimum absolute atomic E-state index is 0.541. The first-order valence-corrected chi connectivity index (χ1v) is 7.59. The maximum absolute atomic E-state index is 6.15. The molecule has 3 heterocycles. The van der Waals surface area contributed by atoms with E-state index in [0.29, 0.717) is 29.8 Å². The van der Waals surface area contributed by atoms with Gasteiger partial charge >= 0.3 is 0 Å². The molecule has 0 radical (unpaired) electrons. The number of hydrogen-bond acceptors (Lipinski definition) is 6. The molecule has 0 amide bonds. The minimum Gasteiger partial charge on any atom is -0.484 e. The number of halogens is 1. The third-order valence-corrected chi connectivity index (χ3v) is 4.89. The smallest absolute Gasteiger partial charge is 0.191 e. The van der Waals surface area contributed by atoms with E-state index in [4.69, 9.17) is 26.8 Å². The van der Waals surface area contributed by atoms with Crippen LogP contribution in [0.3, 0.4) is 0 Å². The fraction of sp³-hybridized carbons (Fsp3) is 0.364. The van der Waals surface area contributed by atoms with Gasteiger partial charge in [-0.05, 0) is 6.54 Å². The molecule has 1 aliphatic heterocycles. The molecule has 7 heteroatoms. The lowest BCUT2D eigenvalue weighted by molar-refractivity contribution is 0.174. The normalized spacial score (nSPS) is 13.9. The number of thiazole rings is 1. The highest BCUT2D eigenvalue weighted by molar-refractivity contribution is 7.24. The summed E-state index contributed by atoms with van der Waals surface area (Å²) < 4.78 is 11.8. The molecule has 0 atom stereocenters. The molecule has 18 heavy (non-hydrogen) atoms. The monoisotopic (exact) mass is 302 g/mol. The quantitative estimate of drug-likeness (QED) is 0.947. The summed E-state index contributed by atoms with van der Waals surface area (Å²) in [7, 11) is 0. The van der Waals surface area contributed by atoms with Gasteiger partial charge in [-0.2, -0.15) is 0 Å². The van der Waals surface area contributed by atoms with Crippen LogP contribution in [0.2, 0.25) is 4.34 Å². The zero-order valence-electron chi connectivity index (χ0n) is 9.44. The Bertz CT molecular complexity index is 567. The van der Waals surface area contributed by atoms with Gasteiger partial charge in [0.1, 0.15) is 27.4 Å². The average molecular weight is 303 g/mol. The fourth-order valence-electron chi connectivity index (χ4n) is 1.73. The summed E-state index contributed by atoms with van der Waals surface area (Å²) in [5, 5.41) is 2.93. The predicted molar refractivity (Wildman–Crippen MR) is 74.2 cm³/mol. The third kappa shape index (κ3) is 2.09. The van der Waals surface area contributed by atoms with Crippen molar-refractivity contribution in [3.05, 3.63) is 15.4 Å². The summed E-state index contributed by atoms with van der Waals surface area (Å²) in [6.07, 6.45) is 0.787. The van der Waals surface area contributed by atoms with Crippen LogP contribution in [-0.2, 0) is 6.42 Å². The Morgan fingerprint density at radius 2 is 2.11 bits per heavy atom. The Kier molecular flexibility index (Phi) is 3.43. The van der Waals surface area contributed by atoms with Crippen LogP contribution in [0.25, 0.3) is 9.88 Å². The number of fused-ring (bicyclic) bond motifs is 1. The van der Waals surface area contributed by atoms with Crippen LogP contribution in [0.15, 0.2) is 5.38 Å². The molecule has 0 spiro atoms. The lowest BCUT2D eigenvalue weighted by atomic mass is 10.3. The van der Waals surface area contributed by atoms with Gasteiger partial charge in [0.2, 0.25) is 0 Å². The first-order valence-electron chi connectivity index (χ1n) is 5.52. The van der Waals surface area contributed by atoms with Crippen molar-refractivity contribution in [2.75, 3.05) is 19.8 Å². The molecule has 0 saturated heterocycles. The van der Waals surface area contributed by atoms with Crippen molar-refractivity contribution in [2.45, 2.75) is 6.42 Å². The number of nitrogens with two attached hydrogens (primary N) is 1. The van der Waals surface area contributed by atoms with Crippen LogP contribution >= 0.6 is 34.3 Å². The summed E-state index contributed by atoms with van der Waals surface area (Å²) in [6, 6.07) is 0. The zero-order chi connectivity index (χ0) is 12.5. The molecule has 0 aromatic carbocycles. The second-order valence-corrected chi connectivity index (χ2v) is 6.22. The summed E-state index contributed by atoms with van der Waals surface area (Å²) in [6.45, 7) is 1.69. The van der Waals surface area contributed by atoms with E-state index in [9.17, 15) is 0 Å². The molecule has 0 saturated carbocycles. The van der Waals surface area contributed by atoms with Crippen molar-refractivity contribution in [3.63, 3.8) is 0 Å². The molecule has 4 nitrogen and oxygen atoms in total. The summed E-state index contributed by atoms with van der Waals surface area (Å²) >= 11 is 9.18. The standard InChI is InChI=1S/C11H11ClN2O2S2/c12-10-8-7(15-3-4-16-8)9(18-10)11-14-6(1-2-13)5-17-11/h5H,1-4,13H2. The maximum atomic E-state index is 6.15. The van der Waals surface area contributed by atoms with Crippen molar-refractivity contribution in [3.8, 4) is 21.4 Å². The third-order valence-electron chi connectivity index (χ3n) is 2.51. The number of ether oxygens (including phenoxy) is 2. The minimum atomic E-state index is 0.541. The summed E-state index contributed by atoms with van der Waals surface area (Å²) in [5.74, 6) is 1.38. The van der Waals surface area contributed by atoms with E-state index < -0.39 is 0 Å². The predicted octanol–water partition coefficient (Wildman–Crippen LogP) is 2.80. The molecule has 2 aromatic rings. The number of rotatable bonds is 3. The summed E-state index contributed by atoms with van der Waals surface area (Å²) in [4.78, 5) is 5.49. The molecule has 2 aromatic heterocycles. The van der Waals surface area contributed by atoms with Crippen molar-refractivity contribution in [2.24, 2.45) is 5.73 Å². The van der Waals surface area contributed by atoms with Crippen molar-refractivity contribution in [1.29, 1.82) is 0 Å². The Hall–Kier alpha value is -0.820. The fourth-order valence-corrected chi connectivity index (χ4v) is 3.96. The Morgan fingerprint density at radius 3 is 2.89 bits per heavy atom. The van der Waals surface area contributed by atoms with Crippen LogP contribution in [0, 0.1) is 0 Å². The van der Waals surface area contributed by atoms with Gasteiger partial charge in [-0.25, -0.2) is 4.98 Å². The second kappa shape index (κ2) is 5.05. The van der Waals surface area contributed by atoms with Gasteiger partial charge < -0.3 is 15.2 Å². The molecule has 3 rings (SSSR count). The van der Waals surface area contributed by atoms with Crippen molar-refractivity contribution in [1.82, 2.24) is 4.98 Å². The SMILES string of the molecule is NCCc1csc(-c2sc(Cl)c3c2OCCO3)n1. The van der Waals surface area contributed by atoms with E-state index in [1.807, 2.05) is 5.38 Å². The van der Waals surface area contributed by atoms with Crippen LogP contribution in [0.4, 0.5) is 0 Å². The number of nitrogens with zero attached hydrogens (tertiary/aromatic N) is 1. The molecule has 0 aliphatic carbocycles. The van der Waals surface area contributed by atoms with Gasteiger partial charge in [0.25, 0.3) is 0 Å². The molecular formula is C11H11ClN2O2S2. The van der Waals surface area contributed by atoms with Gasteiger partial charge in [-0.1, -0.05) is 11.6 Å². The molecule has 0 bridgehead atoms. The Labute approximate surface area is 117 Å². The van der Waals surface area contributed by atoms with Crippen LogP contribution in [-0.4, -0.2) is 24.7 Å².